The second-order valence-electron chi connectivity index (χ2n) is 7.18. The molecule has 0 aliphatic rings. The van der Waals surface area contributed by atoms with Gasteiger partial charge >= 0.3 is 5.97 Å². The number of benzene rings is 1. The predicted molar refractivity (Wildman–Crippen MR) is 125 cm³/mol. The van der Waals surface area contributed by atoms with E-state index in [9.17, 15) is 4.79 Å². The number of hydrogen-bond donors (Lipinski definition) is 0. The van der Waals surface area contributed by atoms with E-state index in [1.54, 1.807) is 13.2 Å². The summed E-state index contributed by atoms with van der Waals surface area (Å²) in [4.78, 5) is 16.9. The number of allylic oxidation sites excluding steroid dienone is 2. The lowest BCUT2D eigenvalue weighted by Crippen LogP contribution is -2.03. The molecule has 160 valence electrons. The number of carbonyl (C=O) groups is 1. The zero-order valence-corrected chi connectivity index (χ0v) is 19.4. The van der Waals surface area contributed by atoms with Crippen molar-refractivity contribution >= 4 is 43.7 Å². The van der Waals surface area contributed by atoms with Crippen molar-refractivity contribution in [3.63, 3.8) is 0 Å². The van der Waals surface area contributed by atoms with Crippen molar-refractivity contribution in [2.75, 3.05) is 19.5 Å². The lowest BCUT2D eigenvalue weighted by atomic mass is 10.1. The summed E-state index contributed by atoms with van der Waals surface area (Å²) >= 11 is 3.44. The van der Waals surface area contributed by atoms with Gasteiger partial charge in [0.25, 0.3) is 0 Å². The third kappa shape index (κ3) is 3.72. The molecular weight excluding hydrogens is 460 g/mol. The van der Waals surface area contributed by atoms with Crippen molar-refractivity contribution < 1.29 is 14.3 Å². The first-order chi connectivity index (χ1) is 15.0. The fourth-order valence-corrected chi connectivity index (χ4v) is 4.17. The van der Waals surface area contributed by atoms with Crippen LogP contribution in [0.25, 0.3) is 33.2 Å². The number of rotatable bonds is 6. The summed E-state index contributed by atoms with van der Waals surface area (Å²) in [6.07, 6.45) is 6.00. The van der Waals surface area contributed by atoms with E-state index in [2.05, 4.69) is 43.8 Å². The largest absolute Gasteiger partial charge is 0.495 e. The molecule has 0 radical (unpaired) electrons. The number of carbonyl (C=O) groups excluding carboxylic acids is 1. The molecule has 8 heteroatoms. The molecule has 0 saturated carbocycles. The molecule has 4 aromatic rings. The summed E-state index contributed by atoms with van der Waals surface area (Å²) in [6, 6.07) is 7.63. The van der Waals surface area contributed by atoms with Crippen molar-refractivity contribution in [2.24, 2.45) is 7.05 Å². The van der Waals surface area contributed by atoms with Gasteiger partial charge < -0.3 is 14.0 Å². The normalized spacial score (nSPS) is 11.6. The molecule has 3 aromatic heterocycles. The van der Waals surface area contributed by atoms with E-state index >= 15 is 0 Å². The van der Waals surface area contributed by atoms with Gasteiger partial charge in [0.1, 0.15) is 5.75 Å². The number of aromatic nitrogens is 4. The Morgan fingerprint density at radius 1 is 1.16 bits per heavy atom. The molecule has 0 amide bonds. The molecule has 4 rings (SSSR count). The minimum Gasteiger partial charge on any atom is -0.495 e. The van der Waals surface area contributed by atoms with E-state index in [1.165, 1.54) is 7.11 Å². The first kappa shape index (κ1) is 21.1. The number of aryl methyl sites for hydroxylation is 2. The maximum Gasteiger partial charge on any atom is 0.338 e. The monoisotopic (exact) mass is 482 g/mol. The van der Waals surface area contributed by atoms with Crippen LogP contribution in [0.1, 0.15) is 16.1 Å². The summed E-state index contributed by atoms with van der Waals surface area (Å²) in [5, 5.41) is 7.05. The Labute approximate surface area is 188 Å². The SMILES string of the molecule is COC(=O)c1cc(OC)c2c(c1)c1cnc(-c3cc(C)nn3C)cc1n2C/C=C/CBr. The first-order valence-electron chi connectivity index (χ1n) is 9.78. The fraction of sp³-hybridized carbons (Fsp3) is 0.261. The molecule has 0 N–H and O–H groups in total. The minimum atomic E-state index is -0.407. The summed E-state index contributed by atoms with van der Waals surface area (Å²) in [7, 11) is 4.89. The quantitative estimate of drug-likeness (QED) is 0.227. The Morgan fingerprint density at radius 3 is 2.61 bits per heavy atom. The van der Waals surface area contributed by atoms with Crippen LogP contribution in [0, 0.1) is 6.92 Å². The molecular formula is C23H23BrN4O3. The van der Waals surface area contributed by atoms with E-state index < -0.39 is 5.97 Å². The summed E-state index contributed by atoms with van der Waals surface area (Å²) < 4.78 is 14.6. The second kappa shape index (κ2) is 8.55. The fourth-order valence-electron chi connectivity index (χ4n) is 3.90. The highest BCUT2D eigenvalue weighted by Crippen LogP contribution is 2.37. The molecule has 0 bridgehead atoms. The molecule has 0 spiro atoms. The Morgan fingerprint density at radius 2 is 1.97 bits per heavy atom. The average molecular weight is 483 g/mol. The van der Waals surface area contributed by atoms with Crippen LogP contribution in [0.15, 0.2) is 42.6 Å². The molecule has 0 aliphatic carbocycles. The van der Waals surface area contributed by atoms with E-state index in [4.69, 9.17) is 14.5 Å². The average Bonchev–Trinajstić information content (AvgIpc) is 3.28. The number of pyridine rings is 1. The van der Waals surface area contributed by atoms with E-state index in [0.717, 1.165) is 44.2 Å². The molecule has 0 saturated heterocycles. The van der Waals surface area contributed by atoms with Gasteiger partial charge in [-0.1, -0.05) is 28.1 Å². The summed E-state index contributed by atoms with van der Waals surface area (Å²) in [5.74, 6) is 0.203. The highest BCUT2D eigenvalue weighted by atomic mass is 79.9. The number of nitrogens with zero attached hydrogens (tertiary/aromatic N) is 4. The van der Waals surface area contributed by atoms with E-state index in [0.29, 0.717) is 17.9 Å². The molecule has 0 fully saturated rings. The van der Waals surface area contributed by atoms with Gasteiger partial charge in [-0.25, -0.2) is 4.79 Å². The van der Waals surface area contributed by atoms with Gasteiger partial charge in [0, 0.05) is 35.9 Å². The van der Waals surface area contributed by atoms with Crippen LogP contribution in [0.2, 0.25) is 0 Å². The van der Waals surface area contributed by atoms with Gasteiger partial charge in [0.2, 0.25) is 0 Å². The second-order valence-corrected chi connectivity index (χ2v) is 7.83. The molecule has 0 aliphatic heterocycles. The van der Waals surface area contributed by atoms with Gasteiger partial charge in [0.05, 0.1) is 47.9 Å². The highest BCUT2D eigenvalue weighted by molar-refractivity contribution is 9.09. The first-order valence-corrected chi connectivity index (χ1v) is 10.9. The zero-order valence-electron chi connectivity index (χ0n) is 17.8. The lowest BCUT2D eigenvalue weighted by molar-refractivity contribution is 0.0600. The van der Waals surface area contributed by atoms with Crippen molar-refractivity contribution in [3.8, 4) is 17.1 Å². The standard InChI is InChI=1S/C23H23BrN4O3/c1-14-9-20(27(2)26-14)18-12-19-17(13-25-18)16-10-15(23(29)31-4)11-21(30-3)22(16)28(19)8-6-5-7-24/h5-6,9-13H,7-8H2,1-4H3/b6-5+. The molecule has 3 heterocycles. The number of ether oxygens (including phenoxy) is 2. The van der Waals surface area contributed by atoms with Crippen LogP contribution in [0.3, 0.4) is 0 Å². The Hall–Kier alpha value is -3.13. The Bertz CT molecular complexity index is 1320. The van der Waals surface area contributed by atoms with Crippen LogP contribution in [0.4, 0.5) is 0 Å². The van der Waals surface area contributed by atoms with E-state index in [1.807, 2.05) is 37.0 Å². The van der Waals surface area contributed by atoms with Gasteiger partial charge in [-0.2, -0.15) is 5.10 Å². The molecule has 7 nitrogen and oxygen atoms in total. The maximum atomic E-state index is 12.2. The smallest absolute Gasteiger partial charge is 0.338 e. The van der Waals surface area contributed by atoms with Crippen molar-refractivity contribution in [2.45, 2.75) is 13.5 Å². The van der Waals surface area contributed by atoms with Crippen LogP contribution >= 0.6 is 15.9 Å². The molecule has 1 aromatic carbocycles. The van der Waals surface area contributed by atoms with Gasteiger partial charge in [-0.15, -0.1) is 0 Å². The molecule has 31 heavy (non-hydrogen) atoms. The highest BCUT2D eigenvalue weighted by Gasteiger charge is 2.20. The number of esters is 1. The van der Waals surface area contributed by atoms with Crippen molar-refractivity contribution in [3.05, 3.63) is 53.9 Å². The third-order valence-electron chi connectivity index (χ3n) is 5.26. The number of hydrogen-bond acceptors (Lipinski definition) is 5. The topological polar surface area (TPSA) is 71.2 Å². The summed E-state index contributed by atoms with van der Waals surface area (Å²) in [5.41, 5.74) is 5.05. The van der Waals surface area contributed by atoms with Gasteiger partial charge in [-0.05, 0) is 31.2 Å². The lowest BCUT2D eigenvalue weighted by Gasteiger charge is -2.10. The zero-order chi connectivity index (χ0) is 22.1. The van der Waals surface area contributed by atoms with Crippen LogP contribution in [-0.2, 0) is 18.3 Å². The summed E-state index contributed by atoms with van der Waals surface area (Å²) in [6.45, 7) is 2.61. The van der Waals surface area contributed by atoms with Crippen LogP contribution in [0.5, 0.6) is 5.75 Å². The van der Waals surface area contributed by atoms with Crippen molar-refractivity contribution in [1.82, 2.24) is 19.3 Å². The van der Waals surface area contributed by atoms with Gasteiger partial charge in [-0.3, -0.25) is 9.67 Å². The molecule has 0 atom stereocenters. The number of halogens is 1. The number of fused-ring (bicyclic) bond motifs is 3. The molecule has 0 unspecified atom stereocenters. The minimum absolute atomic E-state index is 0.407. The number of alkyl halides is 1. The van der Waals surface area contributed by atoms with Gasteiger partial charge in [0.15, 0.2) is 0 Å². The van der Waals surface area contributed by atoms with Crippen molar-refractivity contribution in [1.29, 1.82) is 0 Å². The predicted octanol–water partition coefficient (Wildman–Crippen LogP) is 4.64. The van der Waals surface area contributed by atoms with Crippen LogP contribution < -0.4 is 4.74 Å². The number of methoxy groups -OCH3 is 2. The Kier molecular flexibility index (Phi) is 5.82. The maximum absolute atomic E-state index is 12.2. The van der Waals surface area contributed by atoms with E-state index in [-0.39, 0.29) is 0 Å². The Balaban J connectivity index is 2.05. The third-order valence-corrected chi connectivity index (χ3v) is 5.63. The van der Waals surface area contributed by atoms with Crippen LogP contribution in [-0.4, -0.2) is 44.9 Å².